The van der Waals surface area contributed by atoms with Gasteiger partial charge in [-0.15, -0.1) is 0 Å². The third-order valence-electron chi connectivity index (χ3n) is 1.49. The molecule has 1 N–H and O–H groups in total. The molecule has 0 fully saturated rings. The highest BCUT2D eigenvalue weighted by molar-refractivity contribution is 5.86. The van der Waals surface area contributed by atoms with Crippen LogP contribution in [-0.2, 0) is 4.79 Å². The van der Waals surface area contributed by atoms with E-state index in [4.69, 9.17) is 5.11 Å². The molecule has 0 aliphatic heterocycles. The van der Waals surface area contributed by atoms with E-state index in [-0.39, 0.29) is 0 Å². The van der Waals surface area contributed by atoms with Crippen molar-refractivity contribution in [2.45, 2.75) is 27.2 Å². The maximum absolute atomic E-state index is 10.2. The molecule has 0 amide bonds. The topological polar surface area (TPSA) is 37.3 Å². The summed E-state index contributed by atoms with van der Waals surface area (Å²) in [6, 6.07) is 0. The third-order valence-corrected chi connectivity index (χ3v) is 1.49. The van der Waals surface area contributed by atoms with Gasteiger partial charge in [0.2, 0.25) is 0 Å². The van der Waals surface area contributed by atoms with Crippen molar-refractivity contribution in [2.75, 3.05) is 0 Å². The molecular formula is C7H12O2. The quantitative estimate of drug-likeness (QED) is 0.576. The normalized spacial score (nSPS) is 12.8. The summed E-state index contributed by atoms with van der Waals surface area (Å²) < 4.78 is 0. The molecule has 0 bridgehead atoms. The average Bonchev–Trinajstić information content (AvgIpc) is 1.84. The van der Waals surface area contributed by atoms with Crippen molar-refractivity contribution in [2.24, 2.45) is 0 Å². The van der Waals surface area contributed by atoms with Gasteiger partial charge in [-0.3, -0.25) is 0 Å². The Kier molecular flexibility index (Phi) is 2.99. The number of carboxylic acids is 1. The molecule has 0 atom stereocenters. The van der Waals surface area contributed by atoms with Crippen LogP contribution >= 0.6 is 0 Å². The van der Waals surface area contributed by atoms with Crippen LogP contribution < -0.4 is 0 Å². The Morgan fingerprint density at radius 1 is 1.44 bits per heavy atom. The maximum atomic E-state index is 10.2. The Labute approximate surface area is 55.2 Å². The van der Waals surface area contributed by atoms with Gasteiger partial charge in [0.25, 0.3) is 0 Å². The zero-order valence-electron chi connectivity index (χ0n) is 6.06. The number of hydrogen-bond donors (Lipinski definition) is 1. The van der Waals surface area contributed by atoms with Crippen LogP contribution in [0.1, 0.15) is 27.2 Å². The summed E-state index contributed by atoms with van der Waals surface area (Å²) in [6.07, 6.45) is 0.818. The van der Waals surface area contributed by atoms with E-state index in [0.29, 0.717) is 5.57 Å². The Bertz CT molecular complexity index is 145. The molecule has 0 heterocycles. The van der Waals surface area contributed by atoms with Gasteiger partial charge < -0.3 is 5.11 Å². The van der Waals surface area contributed by atoms with Crippen LogP contribution in [0.2, 0.25) is 0 Å². The van der Waals surface area contributed by atoms with Gasteiger partial charge in [-0.25, -0.2) is 4.79 Å². The average molecular weight is 128 g/mol. The summed E-state index contributed by atoms with van der Waals surface area (Å²) in [5.74, 6) is -0.811. The van der Waals surface area contributed by atoms with E-state index in [1.165, 1.54) is 0 Å². The fourth-order valence-corrected chi connectivity index (χ4v) is 0.448. The molecule has 0 rings (SSSR count). The highest BCUT2D eigenvalue weighted by atomic mass is 16.4. The van der Waals surface area contributed by atoms with Crippen LogP contribution in [0.5, 0.6) is 0 Å². The van der Waals surface area contributed by atoms with E-state index in [9.17, 15) is 4.79 Å². The molecule has 2 heteroatoms. The molecule has 0 aliphatic carbocycles. The van der Waals surface area contributed by atoms with E-state index in [2.05, 4.69) is 0 Å². The predicted molar refractivity (Wildman–Crippen MR) is 36.3 cm³/mol. The zero-order valence-corrected chi connectivity index (χ0v) is 6.06. The second-order valence-corrected chi connectivity index (χ2v) is 2.06. The zero-order chi connectivity index (χ0) is 7.44. The molecule has 9 heavy (non-hydrogen) atoms. The van der Waals surface area contributed by atoms with E-state index < -0.39 is 5.97 Å². The Balaban J connectivity index is 4.28. The molecule has 0 saturated carbocycles. The van der Waals surface area contributed by atoms with Crippen molar-refractivity contribution in [3.63, 3.8) is 0 Å². The number of carbonyl (C=O) groups is 1. The lowest BCUT2D eigenvalue weighted by atomic mass is 10.1. The van der Waals surface area contributed by atoms with Crippen molar-refractivity contribution < 1.29 is 9.90 Å². The minimum atomic E-state index is -0.811. The van der Waals surface area contributed by atoms with Gasteiger partial charge in [0.15, 0.2) is 0 Å². The van der Waals surface area contributed by atoms with Gasteiger partial charge in [-0.05, 0) is 20.3 Å². The first-order chi connectivity index (χ1) is 4.09. The van der Waals surface area contributed by atoms with Crippen LogP contribution in [0.4, 0.5) is 0 Å². The predicted octanol–water partition coefficient (Wildman–Crippen LogP) is 1.82. The molecule has 0 aromatic heterocycles. The van der Waals surface area contributed by atoms with Crippen LogP contribution in [0.3, 0.4) is 0 Å². The van der Waals surface area contributed by atoms with Crippen LogP contribution in [0.15, 0.2) is 11.1 Å². The van der Waals surface area contributed by atoms with Gasteiger partial charge in [0.1, 0.15) is 0 Å². The highest BCUT2D eigenvalue weighted by Gasteiger charge is 2.01. The minimum absolute atomic E-state index is 0.470. The van der Waals surface area contributed by atoms with Crippen LogP contribution in [0, 0.1) is 0 Å². The van der Waals surface area contributed by atoms with Gasteiger partial charge in [0.05, 0.1) is 0 Å². The van der Waals surface area contributed by atoms with E-state index >= 15 is 0 Å². The van der Waals surface area contributed by atoms with Gasteiger partial charge >= 0.3 is 5.97 Å². The van der Waals surface area contributed by atoms with Crippen molar-refractivity contribution in [1.82, 2.24) is 0 Å². The van der Waals surface area contributed by atoms with Gasteiger partial charge in [0, 0.05) is 5.57 Å². The second-order valence-electron chi connectivity index (χ2n) is 2.06. The van der Waals surface area contributed by atoms with Crippen molar-refractivity contribution in [3.05, 3.63) is 11.1 Å². The molecule has 0 aromatic carbocycles. The first-order valence-corrected chi connectivity index (χ1v) is 2.99. The van der Waals surface area contributed by atoms with Crippen molar-refractivity contribution in [3.8, 4) is 0 Å². The van der Waals surface area contributed by atoms with Gasteiger partial charge in [-0.1, -0.05) is 12.5 Å². The second kappa shape index (κ2) is 3.28. The SMILES string of the molecule is CC/C(C)=C(/C)C(=O)O. The lowest BCUT2D eigenvalue weighted by molar-refractivity contribution is -0.132. The lowest BCUT2D eigenvalue weighted by Crippen LogP contribution is -1.98. The van der Waals surface area contributed by atoms with Crippen molar-refractivity contribution >= 4 is 5.97 Å². The molecule has 0 aliphatic rings. The molecule has 0 spiro atoms. The summed E-state index contributed by atoms with van der Waals surface area (Å²) in [5, 5.41) is 8.43. The monoisotopic (exact) mass is 128 g/mol. The molecule has 0 aromatic rings. The summed E-state index contributed by atoms with van der Waals surface area (Å²) in [6.45, 7) is 5.41. The molecular weight excluding hydrogens is 116 g/mol. The Morgan fingerprint density at radius 2 is 1.89 bits per heavy atom. The number of hydrogen-bond acceptors (Lipinski definition) is 1. The van der Waals surface area contributed by atoms with Crippen molar-refractivity contribution in [1.29, 1.82) is 0 Å². The number of allylic oxidation sites excluding steroid dienone is 1. The largest absolute Gasteiger partial charge is 0.478 e. The number of aliphatic carboxylic acids is 1. The molecule has 0 unspecified atom stereocenters. The smallest absolute Gasteiger partial charge is 0.331 e. The fourth-order valence-electron chi connectivity index (χ4n) is 0.448. The maximum Gasteiger partial charge on any atom is 0.331 e. The summed E-state index contributed by atoms with van der Waals surface area (Å²) in [4.78, 5) is 10.2. The van der Waals surface area contributed by atoms with Crippen LogP contribution in [-0.4, -0.2) is 11.1 Å². The lowest BCUT2D eigenvalue weighted by Gasteiger charge is -1.97. The summed E-state index contributed by atoms with van der Waals surface area (Å²) >= 11 is 0. The fraction of sp³-hybridized carbons (Fsp3) is 0.571. The first-order valence-electron chi connectivity index (χ1n) is 2.99. The Morgan fingerprint density at radius 3 is 2.00 bits per heavy atom. The van der Waals surface area contributed by atoms with Crippen LogP contribution in [0.25, 0.3) is 0 Å². The number of carboxylic acid groups (broad SMARTS) is 1. The molecule has 2 nitrogen and oxygen atoms in total. The minimum Gasteiger partial charge on any atom is -0.478 e. The molecule has 0 saturated heterocycles. The molecule has 52 valence electrons. The first kappa shape index (κ1) is 8.21. The third kappa shape index (κ3) is 2.31. The molecule has 0 radical (unpaired) electrons. The summed E-state index contributed by atoms with van der Waals surface area (Å²) in [7, 11) is 0. The standard InChI is InChI=1S/C7H12O2/c1-4-5(2)6(3)7(8)9/h4H2,1-3H3,(H,8,9)/b6-5-. The Hall–Kier alpha value is -0.790. The summed E-state index contributed by atoms with van der Waals surface area (Å²) in [5.41, 5.74) is 1.42. The van der Waals surface area contributed by atoms with E-state index in [1.54, 1.807) is 6.92 Å². The van der Waals surface area contributed by atoms with Gasteiger partial charge in [-0.2, -0.15) is 0 Å². The van der Waals surface area contributed by atoms with E-state index in [1.807, 2.05) is 13.8 Å². The number of rotatable bonds is 2. The van der Waals surface area contributed by atoms with E-state index in [0.717, 1.165) is 12.0 Å². The highest BCUT2D eigenvalue weighted by Crippen LogP contribution is 2.05.